The van der Waals surface area contributed by atoms with Gasteiger partial charge in [0.15, 0.2) is 0 Å². The molecule has 0 aliphatic heterocycles. The molecule has 124 valence electrons. The van der Waals surface area contributed by atoms with Gasteiger partial charge in [0.05, 0.1) is 18.0 Å². The highest BCUT2D eigenvalue weighted by Gasteiger charge is 2.26. The lowest BCUT2D eigenvalue weighted by atomic mass is 9.81. The molecule has 0 aromatic carbocycles. The standard InChI is InChI=1S/C18H29BrN2O/c1-13(21-18(5,6)12-17(2,3)4)16-14(10-11-22-7)8-9-15(19)20-16/h8-9,21H,1,10-12H2,2-7H3. The normalized spacial score (nSPS) is 12.3. The van der Waals surface area contributed by atoms with Crippen LogP contribution in [0.25, 0.3) is 5.70 Å². The SMILES string of the molecule is C=C(NC(C)(C)CC(C)(C)C)c1nc(Br)ccc1CCOC. The van der Waals surface area contributed by atoms with Gasteiger partial charge in [-0.05, 0) is 59.7 Å². The number of hydrogen-bond donors (Lipinski definition) is 1. The summed E-state index contributed by atoms with van der Waals surface area (Å²) in [4.78, 5) is 4.61. The summed E-state index contributed by atoms with van der Waals surface area (Å²) in [5.74, 6) is 0. The minimum Gasteiger partial charge on any atom is -0.384 e. The molecule has 4 heteroatoms. The maximum atomic E-state index is 5.19. The molecule has 0 aliphatic rings. The number of ether oxygens (including phenoxy) is 1. The largest absolute Gasteiger partial charge is 0.384 e. The quantitative estimate of drug-likeness (QED) is 0.701. The predicted molar refractivity (Wildman–Crippen MR) is 97.8 cm³/mol. The van der Waals surface area contributed by atoms with E-state index in [1.165, 1.54) is 0 Å². The Morgan fingerprint density at radius 1 is 1.27 bits per heavy atom. The minimum atomic E-state index is -0.0438. The third-order valence-electron chi connectivity index (χ3n) is 3.27. The molecule has 0 amide bonds. The highest BCUT2D eigenvalue weighted by Crippen LogP contribution is 2.29. The molecule has 0 aliphatic carbocycles. The molecule has 1 aromatic heterocycles. The van der Waals surface area contributed by atoms with Crippen molar-refractivity contribution in [3.05, 3.63) is 34.6 Å². The number of hydrogen-bond acceptors (Lipinski definition) is 3. The van der Waals surface area contributed by atoms with Crippen molar-refractivity contribution in [1.29, 1.82) is 0 Å². The van der Waals surface area contributed by atoms with Crippen molar-refractivity contribution < 1.29 is 4.74 Å². The Morgan fingerprint density at radius 3 is 2.45 bits per heavy atom. The number of nitrogens with zero attached hydrogens (tertiary/aromatic N) is 1. The summed E-state index contributed by atoms with van der Waals surface area (Å²) in [5, 5.41) is 3.55. The maximum Gasteiger partial charge on any atom is 0.106 e. The number of halogens is 1. The summed E-state index contributed by atoms with van der Waals surface area (Å²) >= 11 is 3.45. The summed E-state index contributed by atoms with van der Waals surface area (Å²) in [5.41, 5.74) is 3.13. The highest BCUT2D eigenvalue weighted by molar-refractivity contribution is 9.10. The van der Waals surface area contributed by atoms with Crippen LogP contribution in [0.15, 0.2) is 23.3 Å². The molecule has 0 radical (unpaired) electrons. The van der Waals surface area contributed by atoms with Gasteiger partial charge in [-0.2, -0.15) is 0 Å². The number of nitrogens with one attached hydrogen (secondary N) is 1. The van der Waals surface area contributed by atoms with E-state index < -0.39 is 0 Å². The molecule has 1 heterocycles. The Bertz CT molecular complexity index is 518. The van der Waals surface area contributed by atoms with Gasteiger partial charge in [-0.3, -0.25) is 0 Å². The summed E-state index contributed by atoms with van der Waals surface area (Å²) < 4.78 is 6.01. The van der Waals surface area contributed by atoms with E-state index in [0.717, 1.165) is 34.4 Å². The van der Waals surface area contributed by atoms with Crippen LogP contribution >= 0.6 is 15.9 Å². The Balaban J connectivity index is 2.94. The van der Waals surface area contributed by atoms with Crippen molar-refractivity contribution in [2.75, 3.05) is 13.7 Å². The summed E-state index contributed by atoms with van der Waals surface area (Å²) in [7, 11) is 1.71. The molecule has 1 rings (SSSR count). The second-order valence-electron chi connectivity index (χ2n) is 7.61. The fourth-order valence-corrected chi connectivity index (χ4v) is 3.29. The molecular weight excluding hydrogens is 340 g/mol. The Hall–Kier alpha value is -0.870. The molecule has 0 unspecified atom stereocenters. The number of aromatic nitrogens is 1. The first-order valence-electron chi connectivity index (χ1n) is 7.66. The number of methoxy groups -OCH3 is 1. The van der Waals surface area contributed by atoms with Gasteiger partial charge < -0.3 is 10.1 Å². The first kappa shape index (κ1) is 19.2. The molecule has 0 saturated carbocycles. The van der Waals surface area contributed by atoms with E-state index in [1.54, 1.807) is 7.11 Å². The molecule has 3 nitrogen and oxygen atoms in total. The zero-order valence-electron chi connectivity index (χ0n) is 14.7. The fourth-order valence-electron chi connectivity index (χ4n) is 2.98. The number of rotatable bonds is 7. The Kier molecular flexibility index (Phi) is 6.63. The van der Waals surface area contributed by atoms with Crippen LogP contribution in [0.2, 0.25) is 0 Å². The van der Waals surface area contributed by atoms with Gasteiger partial charge in [0, 0.05) is 12.6 Å². The molecule has 0 atom stereocenters. The van der Waals surface area contributed by atoms with E-state index in [9.17, 15) is 0 Å². The van der Waals surface area contributed by atoms with Gasteiger partial charge in [-0.15, -0.1) is 0 Å². The molecule has 1 aromatic rings. The zero-order valence-corrected chi connectivity index (χ0v) is 16.3. The first-order valence-corrected chi connectivity index (χ1v) is 8.45. The minimum absolute atomic E-state index is 0.0438. The van der Waals surface area contributed by atoms with Gasteiger partial charge in [-0.1, -0.05) is 33.4 Å². The Labute approximate surface area is 143 Å². The van der Waals surface area contributed by atoms with E-state index in [2.05, 4.69) is 73.5 Å². The van der Waals surface area contributed by atoms with Crippen molar-refractivity contribution >= 4 is 21.6 Å². The summed E-state index contributed by atoms with van der Waals surface area (Å²) in [6.07, 6.45) is 1.87. The lowest BCUT2D eigenvalue weighted by molar-refractivity contribution is 0.202. The van der Waals surface area contributed by atoms with E-state index >= 15 is 0 Å². The van der Waals surface area contributed by atoms with E-state index in [-0.39, 0.29) is 11.0 Å². The van der Waals surface area contributed by atoms with Crippen molar-refractivity contribution in [2.45, 2.75) is 53.0 Å². The third-order valence-corrected chi connectivity index (χ3v) is 3.71. The van der Waals surface area contributed by atoms with Crippen LogP contribution in [0.1, 0.15) is 52.3 Å². The maximum absolute atomic E-state index is 5.19. The van der Waals surface area contributed by atoms with Crippen LogP contribution in [-0.4, -0.2) is 24.2 Å². The molecule has 0 spiro atoms. The molecule has 0 bridgehead atoms. The zero-order chi connectivity index (χ0) is 17.0. The average molecular weight is 369 g/mol. The Morgan fingerprint density at radius 2 is 1.91 bits per heavy atom. The lowest BCUT2D eigenvalue weighted by Gasteiger charge is -2.35. The van der Waals surface area contributed by atoms with Gasteiger partial charge in [0.25, 0.3) is 0 Å². The molecular formula is C18H29BrN2O. The van der Waals surface area contributed by atoms with Crippen LogP contribution in [0.4, 0.5) is 0 Å². The van der Waals surface area contributed by atoms with Crippen molar-refractivity contribution in [2.24, 2.45) is 5.41 Å². The topological polar surface area (TPSA) is 34.2 Å². The first-order chi connectivity index (χ1) is 10.0. The van der Waals surface area contributed by atoms with E-state index in [0.29, 0.717) is 6.61 Å². The van der Waals surface area contributed by atoms with Crippen LogP contribution < -0.4 is 5.32 Å². The summed E-state index contributed by atoms with van der Waals surface area (Å²) in [6, 6.07) is 4.04. The molecule has 22 heavy (non-hydrogen) atoms. The van der Waals surface area contributed by atoms with Gasteiger partial charge in [-0.25, -0.2) is 4.98 Å². The smallest absolute Gasteiger partial charge is 0.106 e. The van der Waals surface area contributed by atoms with Crippen molar-refractivity contribution in [3.63, 3.8) is 0 Å². The number of pyridine rings is 1. The highest BCUT2D eigenvalue weighted by atomic mass is 79.9. The summed E-state index contributed by atoms with van der Waals surface area (Å²) in [6.45, 7) is 16.1. The fraction of sp³-hybridized carbons (Fsp3) is 0.611. The molecule has 1 N–H and O–H groups in total. The van der Waals surface area contributed by atoms with Gasteiger partial charge in [0.2, 0.25) is 0 Å². The van der Waals surface area contributed by atoms with Crippen LogP contribution in [0, 0.1) is 5.41 Å². The predicted octanol–water partition coefficient (Wildman–Crippen LogP) is 4.81. The van der Waals surface area contributed by atoms with Crippen LogP contribution in [-0.2, 0) is 11.2 Å². The second kappa shape index (κ2) is 7.60. The molecule has 0 fully saturated rings. The van der Waals surface area contributed by atoms with E-state index in [1.807, 2.05) is 6.07 Å². The average Bonchev–Trinajstić information content (AvgIpc) is 2.33. The van der Waals surface area contributed by atoms with Gasteiger partial charge in [0.1, 0.15) is 4.60 Å². The van der Waals surface area contributed by atoms with Crippen LogP contribution in [0.5, 0.6) is 0 Å². The molecule has 0 saturated heterocycles. The van der Waals surface area contributed by atoms with Gasteiger partial charge >= 0.3 is 0 Å². The second-order valence-corrected chi connectivity index (χ2v) is 8.42. The lowest BCUT2D eigenvalue weighted by Crippen LogP contribution is -2.41. The van der Waals surface area contributed by atoms with E-state index in [4.69, 9.17) is 4.74 Å². The van der Waals surface area contributed by atoms with Crippen molar-refractivity contribution in [3.8, 4) is 0 Å². The van der Waals surface area contributed by atoms with Crippen LogP contribution in [0.3, 0.4) is 0 Å². The monoisotopic (exact) mass is 368 g/mol. The third kappa shape index (κ3) is 6.49. The van der Waals surface area contributed by atoms with Crippen molar-refractivity contribution in [1.82, 2.24) is 10.3 Å².